The van der Waals surface area contributed by atoms with E-state index in [4.69, 9.17) is 9.47 Å². The maximum atomic E-state index is 12.1. The summed E-state index contributed by atoms with van der Waals surface area (Å²) < 4.78 is 10.4. The summed E-state index contributed by atoms with van der Waals surface area (Å²) >= 11 is 0. The van der Waals surface area contributed by atoms with Gasteiger partial charge < -0.3 is 20.1 Å². The molecule has 0 radical (unpaired) electrons. The summed E-state index contributed by atoms with van der Waals surface area (Å²) in [4.78, 5) is 23.1. The molecule has 2 N–H and O–H groups in total. The lowest BCUT2D eigenvalue weighted by Gasteiger charge is -2.26. The molecule has 1 aromatic carbocycles. The first-order valence-corrected chi connectivity index (χ1v) is 9.16. The molecular weight excluding hydrogens is 346 g/mol. The maximum absolute atomic E-state index is 12.1. The van der Waals surface area contributed by atoms with Crippen molar-refractivity contribution < 1.29 is 14.3 Å². The summed E-state index contributed by atoms with van der Waals surface area (Å²) in [6.45, 7) is 7.34. The number of morpholine rings is 1. The fraction of sp³-hybridized carbons (Fsp3) is 0.421. The molecule has 8 heteroatoms. The second-order valence-corrected chi connectivity index (χ2v) is 6.04. The number of esters is 1. The SMILES string of the molecule is CCOC(=O)c1ccccc1Nc1nccc(NCCN2CCOCC2)n1. The highest BCUT2D eigenvalue weighted by molar-refractivity contribution is 5.96. The van der Waals surface area contributed by atoms with Gasteiger partial charge >= 0.3 is 5.97 Å². The van der Waals surface area contributed by atoms with Gasteiger partial charge in [-0.3, -0.25) is 4.90 Å². The van der Waals surface area contributed by atoms with Gasteiger partial charge in [-0.2, -0.15) is 4.98 Å². The monoisotopic (exact) mass is 371 g/mol. The minimum Gasteiger partial charge on any atom is -0.462 e. The quantitative estimate of drug-likeness (QED) is 0.683. The fourth-order valence-corrected chi connectivity index (χ4v) is 2.78. The molecule has 1 aromatic heterocycles. The summed E-state index contributed by atoms with van der Waals surface area (Å²) in [6, 6.07) is 8.97. The minimum atomic E-state index is -0.375. The van der Waals surface area contributed by atoms with Crippen molar-refractivity contribution in [1.29, 1.82) is 0 Å². The van der Waals surface area contributed by atoms with Gasteiger partial charge in [0.15, 0.2) is 0 Å². The van der Waals surface area contributed by atoms with E-state index in [1.807, 2.05) is 12.1 Å². The first-order chi connectivity index (χ1) is 13.3. The van der Waals surface area contributed by atoms with Gasteiger partial charge in [0.1, 0.15) is 5.82 Å². The van der Waals surface area contributed by atoms with Gasteiger partial charge in [-0.25, -0.2) is 9.78 Å². The van der Waals surface area contributed by atoms with E-state index < -0.39 is 0 Å². The van der Waals surface area contributed by atoms with E-state index in [9.17, 15) is 4.79 Å². The number of ether oxygens (including phenoxy) is 2. The zero-order valence-corrected chi connectivity index (χ0v) is 15.5. The molecule has 1 aliphatic heterocycles. The number of rotatable bonds is 8. The maximum Gasteiger partial charge on any atom is 0.340 e. The summed E-state index contributed by atoms with van der Waals surface area (Å²) in [5.74, 6) is 0.776. The molecule has 1 fully saturated rings. The number of carbonyl (C=O) groups excluding carboxylic acids is 1. The topological polar surface area (TPSA) is 88.6 Å². The smallest absolute Gasteiger partial charge is 0.340 e. The lowest BCUT2D eigenvalue weighted by molar-refractivity contribution is 0.0398. The Morgan fingerprint density at radius 2 is 2.07 bits per heavy atom. The third kappa shape index (κ3) is 5.63. The number of para-hydroxylation sites is 1. The molecule has 0 amide bonds. The summed E-state index contributed by atoms with van der Waals surface area (Å²) in [5.41, 5.74) is 1.06. The Hall–Kier alpha value is -2.71. The van der Waals surface area contributed by atoms with Crippen LogP contribution in [0.5, 0.6) is 0 Å². The zero-order valence-electron chi connectivity index (χ0n) is 15.5. The Labute approximate surface area is 158 Å². The molecule has 0 unspecified atom stereocenters. The molecule has 8 nitrogen and oxygen atoms in total. The number of nitrogens with zero attached hydrogens (tertiary/aromatic N) is 3. The molecule has 0 bridgehead atoms. The van der Waals surface area contributed by atoms with Crippen molar-refractivity contribution in [3.05, 3.63) is 42.1 Å². The Kier molecular flexibility index (Phi) is 6.95. The van der Waals surface area contributed by atoms with Crippen LogP contribution in [0.1, 0.15) is 17.3 Å². The standard InChI is InChI=1S/C19H25N5O3/c1-2-27-18(25)15-5-3-4-6-16(15)22-19-21-8-7-17(23-19)20-9-10-24-11-13-26-14-12-24/h3-8H,2,9-14H2,1H3,(H2,20,21,22,23). The van der Waals surface area contributed by atoms with Crippen LogP contribution >= 0.6 is 0 Å². The van der Waals surface area contributed by atoms with E-state index in [-0.39, 0.29) is 5.97 Å². The molecule has 0 atom stereocenters. The minimum absolute atomic E-state index is 0.326. The molecule has 0 spiro atoms. The second-order valence-electron chi connectivity index (χ2n) is 6.04. The lowest BCUT2D eigenvalue weighted by atomic mass is 10.2. The number of hydrogen-bond acceptors (Lipinski definition) is 8. The van der Waals surface area contributed by atoms with E-state index in [0.717, 1.165) is 45.2 Å². The molecule has 27 heavy (non-hydrogen) atoms. The fourth-order valence-electron chi connectivity index (χ4n) is 2.78. The van der Waals surface area contributed by atoms with Gasteiger partial charge in [0.25, 0.3) is 0 Å². The third-order valence-electron chi connectivity index (χ3n) is 4.16. The summed E-state index contributed by atoms with van der Waals surface area (Å²) in [6.07, 6.45) is 1.68. The highest BCUT2D eigenvalue weighted by Gasteiger charge is 2.13. The van der Waals surface area contributed by atoms with Crippen LogP contribution < -0.4 is 10.6 Å². The lowest BCUT2D eigenvalue weighted by Crippen LogP contribution is -2.39. The highest BCUT2D eigenvalue weighted by atomic mass is 16.5. The molecule has 2 heterocycles. The Morgan fingerprint density at radius 1 is 1.26 bits per heavy atom. The summed E-state index contributed by atoms with van der Waals surface area (Å²) in [7, 11) is 0. The number of benzene rings is 1. The predicted molar refractivity (Wildman–Crippen MR) is 103 cm³/mol. The van der Waals surface area contributed by atoms with Crippen LogP contribution in [-0.4, -0.2) is 66.8 Å². The number of hydrogen-bond donors (Lipinski definition) is 2. The van der Waals surface area contributed by atoms with Crippen molar-refractivity contribution in [2.45, 2.75) is 6.92 Å². The molecule has 2 aromatic rings. The van der Waals surface area contributed by atoms with Gasteiger partial charge in [0, 0.05) is 32.4 Å². The van der Waals surface area contributed by atoms with E-state index in [1.165, 1.54) is 0 Å². The van der Waals surface area contributed by atoms with Crippen molar-refractivity contribution in [2.24, 2.45) is 0 Å². The van der Waals surface area contributed by atoms with Crippen LogP contribution in [0.3, 0.4) is 0 Å². The third-order valence-corrected chi connectivity index (χ3v) is 4.16. The Morgan fingerprint density at radius 3 is 2.89 bits per heavy atom. The van der Waals surface area contributed by atoms with E-state index in [0.29, 0.717) is 23.8 Å². The molecule has 0 aliphatic carbocycles. The average Bonchev–Trinajstić information content (AvgIpc) is 2.70. The van der Waals surface area contributed by atoms with Crippen LogP contribution in [-0.2, 0) is 9.47 Å². The molecule has 1 aliphatic rings. The van der Waals surface area contributed by atoms with E-state index >= 15 is 0 Å². The number of nitrogens with one attached hydrogen (secondary N) is 2. The Bertz CT molecular complexity index is 750. The van der Waals surface area contributed by atoms with Gasteiger partial charge in [-0.05, 0) is 25.1 Å². The molecule has 3 rings (SSSR count). The van der Waals surface area contributed by atoms with Crippen molar-refractivity contribution >= 4 is 23.4 Å². The van der Waals surface area contributed by atoms with Crippen molar-refractivity contribution in [3.8, 4) is 0 Å². The Balaban J connectivity index is 1.60. The van der Waals surface area contributed by atoms with Gasteiger partial charge in [0.05, 0.1) is 31.1 Å². The average molecular weight is 371 g/mol. The molecule has 144 valence electrons. The molecule has 1 saturated heterocycles. The molecular formula is C19H25N5O3. The number of aromatic nitrogens is 2. The summed E-state index contributed by atoms with van der Waals surface area (Å²) in [5, 5.41) is 6.41. The first kappa shape index (κ1) is 19.1. The largest absolute Gasteiger partial charge is 0.462 e. The van der Waals surface area contributed by atoms with Crippen molar-refractivity contribution in [3.63, 3.8) is 0 Å². The number of anilines is 3. The van der Waals surface area contributed by atoms with Gasteiger partial charge in [-0.15, -0.1) is 0 Å². The predicted octanol–water partition coefficient (Wildman–Crippen LogP) is 2.14. The second kappa shape index (κ2) is 9.84. The van der Waals surface area contributed by atoms with Gasteiger partial charge in [0.2, 0.25) is 5.95 Å². The molecule has 0 saturated carbocycles. The highest BCUT2D eigenvalue weighted by Crippen LogP contribution is 2.20. The van der Waals surface area contributed by atoms with E-state index in [1.54, 1.807) is 31.3 Å². The van der Waals surface area contributed by atoms with Crippen LogP contribution in [0, 0.1) is 0 Å². The zero-order chi connectivity index (χ0) is 18.9. The van der Waals surface area contributed by atoms with Crippen LogP contribution in [0.25, 0.3) is 0 Å². The number of carbonyl (C=O) groups is 1. The van der Waals surface area contributed by atoms with Crippen molar-refractivity contribution in [1.82, 2.24) is 14.9 Å². The normalized spacial score (nSPS) is 14.6. The first-order valence-electron chi connectivity index (χ1n) is 9.16. The van der Waals surface area contributed by atoms with Crippen LogP contribution in [0.4, 0.5) is 17.5 Å². The van der Waals surface area contributed by atoms with Gasteiger partial charge in [-0.1, -0.05) is 12.1 Å². The van der Waals surface area contributed by atoms with Crippen molar-refractivity contribution in [2.75, 3.05) is 56.6 Å². The van der Waals surface area contributed by atoms with Crippen LogP contribution in [0.2, 0.25) is 0 Å². The van der Waals surface area contributed by atoms with E-state index in [2.05, 4.69) is 25.5 Å². The van der Waals surface area contributed by atoms with Crippen LogP contribution in [0.15, 0.2) is 36.5 Å².